The van der Waals surface area contributed by atoms with Gasteiger partial charge in [0.2, 0.25) is 0 Å². The Bertz CT molecular complexity index is 619. The lowest BCUT2D eigenvalue weighted by Gasteiger charge is -2.11. The second-order valence-corrected chi connectivity index (χ2v) is 7.03. The maximum atomic E-state index is 12.2. The Labute approximate surface area is 116 Å². The van der Waals surface area contributed by atoms with Gasteiger partial charge in [-0.3, -0.25) is 5.10 Å². The fraction of sp³-hybridized carbons (Fsp3) is 0.364. The van der Waals surface area contributed by atoms with Crippen molar-refractivity contribution in [2.75, 3.05) is 7.05 Å². The molecule has 0 fully saturated rings. The predicted molar refractivity (Wildman–Crippen MR) is 74.4 cm³/mol. The van der Waals surface area contributed by atoms with Crippen LogP contribution in [0.25, 0.3) is 0 Å². The summed E-state index contributed by atoms with van der Waals surface area (Å²) in [5.41, 5.74) is 1.76. The van der Waals surface area contributed by atoms with Crippen LogP contribution in [0.15, 0.2) is 28.0 Å². The van der Waals surface area contributed by atoms with E-state index in [-0.39, 0.29) is 6.04 Å². The van der Waals surface area contributed by atoms with Crippen molar-refractivity contribution in [1.29, 1.82) is 0 Å². The average Bonchev–Trinajstić information content (AvgIpc) is 2.99. The van der Waals surface area contributed by atoms with E-state index in [9.17, 15) is 8.42 Å². The molecular formula is C11H16N4O2S2. The van der Waals surface area contributed by atoms with Gasteiger partial charge in [0.25, 0.3) is 10.0 Å². The van der Waals surface area contributed by atoms with Crippen LogP contribution >= 0.6 is 11.3 Å². The summed E-state index contributed by atoms with van der Waals surface area (Å²) in [7, 11) is -1.66. The lowest BCUT2D eigenvalue weighted by Crippen LogP contribution is -2.26. The highest BCUT2D eigenvalue weighted by molar-refractivity contribution is 7.91. The van der Waals surface area contributed by atoms with Gasteiger partial charge in [-0.15, -0.1) is 11.3 Å². The van der Waals surface area contributed by atoms with Crippen molar-refractivity contribution in [3.8, 4) is 0 Å². The van der Waals surface area contributed by atoms with E-state index in [0.29, 0.717) is 10.8 Å². The molecule has 2 aromatic heterocycles. The molecule has 104 valence electrons. The van der Waals surface area contributed by atoms with Crippen LogP contribution in [0.3, 0.4) is 0 Å². The Balaban J connectivity index is 2.13. The summed E-state index contributed by atoms with van der Waals surface area (Å²) in [6.45, 7) is 2.44. The van der Waals surface area contributed by atoms with Crippen molar-refractivity contribution in [1.82, 2.24) is 20.2 Å². The van der Waals surface area contributed by atoms with Gasteiger partial charge in [0.1, 0.15) is 4.21 Å². The molecule has 1 atom stereocenters. The molecule has 0 saturated heterocycles. The van der Waals surface area contributed by atoms with Gasteiger partial charge in [0.05, 0.1) is 6.20 Å². The largest absolute Gasteiger partial charge is 0.316 e. The van der Waals surface area contributed by atoms with Crippen molar-refractivity contribution in [3.63, 3.8) is 0 Å². The Kier molecular flexibility index (Phi) is 4.35. The van der Waals surface area contributed by atoms with E-state index in [4.69, 9.17) is 0 Å². The van der Waals surface area contributed by atoms with Crippen molar-refractivity contribution in [3.05, 3.63) is 35.0 Å². The summed E-state index contributed by atoms with van der Waals surface area (Å²) in [6.07, 6.45) is 3.28. The van der Waals surface area contributed by atoms with Gasteiger partial charge in [0, 0.05) is 24.3 Å². The molecule has 19 heavy (non-hydrogen) atoms. The zero-order valence-corrected chi connectivity index (χ0v) is 12.3. The van der Waals surface area contributed by atoms with Gasteiger partial charge in [-0.25, -0.2) is 13.1 Å². The number of aromatic amines is 1. The molecule has 0 radical (unpaired) electrons. The molecule has 8 heteroatoms. The number of aromatic nitrogens is 2. The van der Waals surface area contributed by atoms with E-state index in [1.54, 1.807) is 25.4 Å². The third kappa shape index (κ3) is 3.41. The number of hydrogen-bond acceptors (Lipinski definition) is 5. The number of nitrogens with one attached hydrogen (secondary N) is 3. The molecule has 0 amide bonds. The van der Waals surface area contributed by atoms with E-state index in [0.717, 1.165) is 11.1 Å². The zero-order chi connectivity index (χ0) is 13.9. The predicted octanol–water partition coefficient (Wildman–Crippen LogP) is 1.23. The van der Waals surface area contributed by atoms with Gasteiger partial charge >= 0.3 is 0 Å². The Morgan fingerprint density at radius 1 is 1.53 bits per heavy atom. The highest BCUT2D eigenvalue weighted by Gasteiger charge is 2.20. The molecule has 0 aliphatic heterocycles. The molecule has 0 aromatic carbocycles. The molecule has 0 aliphatic rings. The number of nitrogens with zero attached hydrogens (tertiary/aromatic N) is 1. The first-order valence-corrected chi connectivity index (χ1v) is 8.12. The van der Waals surface area contributed by atoms with Crippen LogP contribution in [0.2, 0.25) is 0 Å². The summed E-state index contributed by atoms with van der Waals surface area (Å²) in [5, 5.41) is 11.3. The third-order valence-corrected chi connectivity index (χ3v) is 5.66. The van der Waals surface area contributed by atoms with Gasteiger partial charge < -0.3 is 5.32 Å². The quantitative estimate of drug-likeness (QED) is 0.749. The van der Waals surface area contributed by atoms with Crippen LogP contribution < -0.4 is 10.0 Å². The summed E-state index contributed by atoms with van der Waals surface area (Å²) in [6, 6.07) is 1.37. The molecule has 0 spiro atoms. The van der Waals surface area contributed by atoms with Gasteiger partial charge in [0.15, 0.2) is 0 Å². The van der Waals surface area contributed by atoms with Crippen LogP contribution in [-0.2, 0) is 16.6 Å². The van der Waals surface area contributed by atoms with E-state index in [2.05, 4.69) is 20.2 Å². The molecular weight excluding hydrogens is 284 g/mol. The van der Waals surface area contributed by atoms with Crippen molar-refractivity contribution in [2.24, 2.45) is 0 Å². The first kappa shape index (κ1) is 14.2. The fourth-order valence-corrected chi connectivity index (χ4v) is 4.11. The fourth-order valence-electron chi connectivity index (χ4n) is 1.65. The minimum atomic E-state index is -3.48. The van der Waals surface area contributed by atoms with E-state index in [1.165, 1.54) is 11.3 Å². The molecule has 6 nitrogen and oxygen atoms in total. The standard InChI is InChI=1S/C11H16N4O2S2/c1-8(10-5-13-14-6-10)15-19(16,17)11-3-9(4-12-2)7-18-11/h3,5-8,12,15H,4H2,1-2H3,(H,13,14). The first-order valence-electron chi connectivity index (χ1n) is 5.76. The van der Waals surface area contributed by atoms with Crippen molar-refractivity contribution < 1.29 is 8.42 Å². The van der Waals surface area contributed by atoms with Crippen LogP contribution in [-0.4, -0.2) is 25.7 Å². The second-order valence-electron chi connectivity index (χ2n) is 4.18. The minimum Gasteiger partial charge on any atom is -0.316 e. The van der Waals surface area contributed by atoms with Crippen LogP contribution in [0, 0.1) is 0 Å². The van der Waals surface area contributed by atoms with Crippen LogP contribution in [0.4, 0.5) is 0 Å². The number of H-pyrrole nitrogens is 1. The first-order chi connectivity index (χ1) is 9.03. The topological polar surface area (TPSA) is 86.9 Å². The summed E-state index contributed by atoms with van der Waals surface area (Å²) < 4.78 is 27.4. The SMILES string of the molecule is CNCc1csc(S(=O)(=O)NC(C)c2cn[nH]c2)c1. The second kappa shape index (κ2) is 5.83. The Hall–Kier alpha value is -1.22. The minimum absolute atomic E-state index is 0.321. The molecule has 2 aromatic rings. The summed E-state index contributed by atoms with van der Waals surface area (Å²) in [4.78, 5) is 0. The monoisotopic (exact) mass is 300 g/mol. The highest BCUT2D eigenvalue weighted by atomic mass is 32.2. The maximum absolute atomic E-state index is 12.2. The molecule has 1 unspecified atom stereocenters. The van der Waals surface area contributed by atoms with E-state index >= 15 is 0 Å². The van der Waals surface area contributed by atoms with Crippen molar-refractivity contribution >= 4 is 21.4 Å². The normalized spacial score (nSPS) is 13.6. The number of sulfonamides is 1. The number of hydrogen-bond donors (Lipinski definition) is 3. The summed E-state index contributed by atoms with van der Waals surface area (Å²) >= 11 is 1.22. The Morgan fingerprint density at radius 3 is 2.95 bits per heavy atom. The molecule has 0 saturated carbocycles. The number of rotatable bonds is 6. The molecule has 0 bridgehead atoms. The van der Waals surface area contributed by atoms with Crippen LogP contribution in [0.5, 0.6) is 0 Å². The number of thiophene rings is 1. The van der Waals surface area contributed by atoms with Gasteiger partial charge in [-0.2, -0.15) is 5.10 Å². The van der Waals surface area contributed by atoms with E-state index in [1.807, 2.05) is 12.4 Å². The zero-order valence-electron chi connectivity index (χ0n) is 10.7. The van der Waals surface area contributed by atoms with Gasteiger partial charge in [-0.05, 0) is 31.0 Å². The van der Waals surface area contributed by atoms with Gasteiger partial charge in [-0.1, -0.05) is 0 Å². The average molecular weight is 300 g/mol. The smallest absolute Gasteiger partial charge is 0.250 e. The summed E-state index contributed by atoms with van der Waals surface area (Å²) in [5.74, 6) is 0. The molecule has 0 aliphatic carbocycles. The molecule has 2 heterocycles. The van der Waals surface area contributed by atoms with E-state index < -0.39 is 10.0 Å². The van der Waals surface area contributed by atoms with Crippen LogP contribution in [0.1, 0.15) is 24.1 Å². The maximum Gasteiger partial charge on any atom is 0.250 e. The third-order valence-electron chi connectivity index (χ3n) is 2.63. The molecule has 2 rings (SSSR count). The molecule has 3 N–H and O–H groups in total. The lowest BCUT2D eigenvalue weighted by molar-refractivity contribution is 0.569. The highest BCUT2D eigenvalue weighted by Crippen LogP contribution is 2.22. The lowest BCUT2D eigenvalue weighted by atomic mass is 10.2. The van der Waals surface area contributed by atoms with Crippen molar-refractivity contribution in [2.45, 2.75) is 23.7 Å². The Morgan fingerprint density at radius 2 is 2.32 bits per heavy atom.